The topological polar surface area (TPSA) is 54.0 Å². The summed E-state index contributed by atoms with van der Waals surface area (Å²) in [6.07, 6.45) is 1.63. The number of ether oxygens (including phenoxy) is 2. The lowest BCUT2D eigenvalue weighted by molar-refractivity contribution is 0.106. The zero-order valence-electron chi connectivity index (χ0n) is 18.7. The van der Waals surface area contributed by atoms with Gasteiger partial charge in [0, 0.05) is 31.9 Å². The Labute approximate surface area is 190 Å². The number of methoxy groups -OCH3 is 1. The van der Waals surface area contributed by atoms with Gasteiger partial charge in [-0.15, -0.1) is 0 Å². The van der Waals surface area contributed by atoms with Crippen LogP contribution in [0, 0.1) is 0 Å². The Kier molecular flexibility index (Phi) is 7.64. The molecule has 168 valence electrons. The second kappa shape index (κ2) is 11.0. The van der Waals surface area contributed by atoms with Crippen LogP contribution in [0.1, 0.15) is 23.1 Å². The SMILES string of the molecule is COc1ccc(CNCC(O)COc2ccc3c(c2)CCCN3Cc2ccccc2)cc1. The first-order valence-electron chi connectivity index (χ1n) is 11.3. The van der Waals surface area contributed by atoms with Crippen molar-refractivity contribution in [3.63, 3.8) is 0 Å². The highest BCUT2D eigenvalue weighted by Gasteiger charge is 2.18. The van der Waals surface area contributed by atoms with E-state index in [9.17, 15) is 5.11 Å². The molecule has 32 heavy (non-hydrogen) atoms. The highest BCUT2D eigenvalue weighted by atomic mass is 16.5. The molecule has 3 aromatic carbocycles. The highest BCUT2D eigenvalue weighted by Crippen LogP contribution is 2.31. The number of aliphatic hydroxyl groups is 1. The van der Waals surface area contributed by atoms with Gasteiger partial charge in [-0.05, 0) is 59.9 Å². The Morgan fingerprint density at radius 1 is 0.969 bits per heavy atom. The molecule has 0 aromatic heterocycles. The highest BCUT2D eigenvalue weighted by molar-refractivity contribution is 5.58. The van der Waals surface area contributed by atoms with Gasteiger partial charge in [-0.2, -0.15) is 0 Å². The summed E-state index contributed by atoms with van der Waals surface area (Å²) < 4.78 is 11.1. The molecule has 1 aliphatic rings. The minimum Gasteiger partial charge on any atom is -0.497 e. The van der Waals surface area contributed by atoms with Gasteiger partial charge in [0.2, 0.25) is 0 Å². The maximum absolute atomic E-state index is 10.3. The van der Waals surface area contributed by atoms with Gasteiger partial charge in [-0.3, -0.25) is 0 Å². The molecule has 5 heteroatoms. The smallest absolute Gasteiger partial charge is 0.119 e. The molecule has 2 N–H and O–H groups in total. The predicted molar refractivity (Wildman–Crippen MR) is 128 cm³/mol. The monoisotopic (exact) mass is 432 g/mol. The molecule has 0 saturated carbocycles. The largest absolute Gasteiger partial charge is 0.497 e. The van der Waals surface area contributed by atoms with E-state index in [1.54, 1.807) is 7.11 Å². The van der Waals surface area contributed by atoms with Crippen molar-refractivity contribution in [1.82, 2.24) is 5.32 Å². The Balaban J connectivity index is 1.25. The minimum absolute atomic E-state index is 0.266. The summed E-state index contributed by atoms with van der Waals surface area (Å²) in [6, 6.07) is 24.8. The maximum Gasteiger partial charge on any atom is 0.119 e. The van der Waals surface area contributed by atoms with Crippen molar-refractivity contribution in [2.75, 3.05) is 31.7 Å². The number of aliphatic hydroxyl groups excluding tert-OH is 1. The lowest BCUT2D eigenvalue weighted by Gasteiger charge is -2.31. The summed E-state index contributed by atoms with van der Waals surface area (Å²) in [5.41, 5.74) is 5.07. The Hall–Kier alpha value is -3.02. The van der Waals surface area contributed by atoms with Crippen molar-refractivity contribution in [3.05, 3.63) is 89.5 Å². The molecule has 1 heterocycles. The van der Waals surface area contributed by atoms with Crippen molar-refractivity contribution >= 4 is 5.69 Å². The molecule has 1 atom stereocenters. The molecular formula is C27H32N2O3. The molecule has 0 amide bonds. The molecule has 0 fully saturated rings. The quantitative estimate of drug-likeness (QED) is 0.503. The number of benzene rings is 3. The Morgan fingerprint density at radius 3 is 2.53 bits per heavy atom. The number of hydrogen-bond acceptors (Lipinski definition) is 5. The number of nitrogens with one attached hydrogen (secondary N) is 1. The van der Waals surface area contributed by atoms with E-state index in [-0.39, 0.29) is 6.61 Å². The molecule has 1 aliphatic heterocycles. The lowest BCUT2D eigenvalue weighted by Crippen LogP contribution is -2.31. The van der Waals surface area contributed by atoms with Gasteiger partial charge in [0.25, 0.3) is 0 Å². The summed E-state index contributed by atoms with van der Waals surface area (Å²) in [5.74, 6) is 1.66. The maximum atomic E-state index is 10.3. The third kappa shape index (κ3) is 6.02. The van der Waals surface area contributed by atoms with Crippen molar-refractivity contribution in [2.45, 2.75) is 32.0 Å². The third-order valence-electron chi connectivity index (χ3n) is 5.79. The Morgan fingerprint density at radius 2 is 1.75 bits per heavy atom. The molecule has 0 radical (unpaired) electrons. The van der Waals surface area contributed by atoms with E-state index >= 15 is 0 Å². The summed E-state index contributed by atoms with van der Waals surface area (Å²) in [6.45, 7) is 3.43. The van der Waals surface area contributed by atoms with Gasteiger partial charge in [0.1, 0.15) is 24.2 Å². The number of hydrogen-bond donors (Lipinski definition) is 2. The van der Waals surface area contributed by atoms with Crippen molar-refractivity contribution in [3.8, 4) is 11.5 Å². The molecule has 5 nitrogen and oxygen atoms in total. The molecule has 4 rings (SSSR count). The average Bonchev–Trinajstić information content (AvgIpc) is 2.84. The van der Waals surface area contributed by atoms with Gasteiger partial charge in [-0.1, -0.05) is 42.5 Å². The van der Waals surface area contributed by atoms with Crippen LogP contribution in [-0.4, -0.2) is 38.0 Å². The lowest BCUT2D eigenvalue weighted by atomic mass is 10.0. The molecule has 0 aliphatic carbocycles. The first kappa shape index (κ1) is 22.2. The first-order chi connectivity index (χ1) is 15.7. The van der Waals surface area contributed by atoms with Crippen molar-refractivity contribution in [1.29, 1.82) is 0 Å². The summed E-state index contributed by atoms with van der Waals surface area (Å²) in [4.78, 5) is 2.44. The van der Waals surface area contributed by atoms with E-state index in [4.69, 9.17) is 9.47 Å². The number of rotatable bonds is 10. The van der Waals surface area contributed by atoms with Crippen LogP contribution >= 0.6 is 0 Å². The summed E-state index contributed by atoms with van der Waals surface area (Å²) in [5, 5.41) is 13.6. The van der Waals surface area contributed by atoms with Crippen LogP contribution in [0.2, 0.25) is 0 Å². The molecule has 3 aromatic rings. The average molecular weight is 433 g/mol. The van der Waals surface area contributed by atoms with E-state index in [1.165, 1.54) is 16.8 Å². The van der Waals surface area contributed by atoms with E-state index < -0.39 is 6.10 Å². The first-order valence-corrected chi connectivity index (χ1v) is 11.3. The predicted octanol–water partition coefficient (Wildman–Crippen LogP) is 4.18. The van der Waals surface area contributed by atoms with Crippen LogP contribution in [0.5, 0.6) is 11.5 Å². The van der Waals surface area contributed by atoms with Crippen LogP contribution in [-0.2, 0) is 19.5 Å². The fraction of sp³-hybridized carbons (Fsp3) is 0.333. The number of nitrogens with zero attached hydrogens (tertiary/aromatic N) is 1. The standard InChI is InChI=1S/C27H32N2O3/c1-31-25-11-9-21(10-12-25)17-28-18-24(30)20-32-26-13-14-27-23(16-26)8-5-15-29(27)19-22-6-3-2-4-7-22/h2-4,6-7,9-14,16,24,28,30H,5,8,15,17-20H2,1H3. The molecule has 0 bridgehead atoms. The summed E-state index contributed by atoms with van der Waals surface area (Å²) >= 11 is 0. The van der Waals surface area contributed by atoms with E-state index in [1.807, 2.05) is 30.3 Å². The van der Waals surface area contributed by atoms with Gasteiger partial charge in [-0.25, -0.2) is 0 Å². The van der Waals surface area contributed by atoms with Crippen molar-refractivity contribution < 1.29 is 14.6 Å². The van der Waals surface area contributed by atoms with Gasteiger partial charge < -0.3 is 24.8 Å². The normalized spacial score (nSPS) is 14.0. The number of fused-ring (bicyclic) bond motifs is 1. The Bertz CT molecular complexity index is 976. The molecular weight excluding hydrogens is 400 g/mol. The third-order valence-corrected chi connectivity index (χ3v) is 5.79. The zero-order valence-corrected chi connectivity index (χ0v) is 18.7. The van der Waals surface area contributed by atoms with E-state index in [2.05, 4.69) is 52.7 Å². The fourth-order valence-electron chi connectivity index (χ4n) is 4.09. The zero-order chi connectivity index (χ0) is 22.2. The number of anilines is 1. The van der Waals surface area contributed by atoms with Crippen LogP contribution < -0.4 is 19.7 Å². The van der Waals surface area contributed by atoms with Crippen molar-refractivity contribution in [2.24, 2.45) is 0 Å². The molecule has 0 saturated heterocycles. The van der Waals surface area contributed by atoms with Gasteiger partial charge in [0.15, 0.2) is 0 Å². The second-order valence-electron chi connectivity index (χ2n) is 8.25. The van der Waals surface area contributed by atoms with E-state index in [0.717, 1.165) is 43.0 Å². The van der Waals surface area contributed by atoms with Crippen LogP contribution in [0.4, 0.5) is 5.69 Å². The fourth-order valence-corrected chi connectivity index (χ4v) is 4.09. The van der Waals surface area contributed by atoms with Gasteiger partial charge in [0.05, 0.1) is 7.11 Å². The molecule has 1 unspecified atom stereocenters. The van der Waals surface area contributed by atoms with E-state index in [0.29, 0.717) is 13.1 Å². The number of aryl methyl sites for hydroxylation is 1. The van der Waals surface area contributed by atoms with Crippen LogP contribution in [0.25, 0.3) is 0 Å². The van der Waals surface area contributed by atoms with Crippen LogP contribution in [0.3, 0.4) is 0 Å². The summed E-state index contributed by atoms with van der Waals surface area (Å²) in [7, 11) is 1.66. The van der Waals surface area contributed by atoms with Gasteiger partial charge >= 0.3 is 0 Å². The second-order valence-corrected chi connectivity index (χ2v) is 8.25. The van der Waals surface area contributed by atoms with Crippen LogP contribution in [0.15, 0.2) is 72.8 Å². The minimum atomic E-state index is -0.571. The molecule has 0 spiro atoms.